The van der Waals surface area contributed by atoms with Crippen LogP contribution in [0, 0.1) is 10.1 Å². The molecule has 8 nitrogen and oxygen atoms in total. The maximum absolute atomic E-state index is 11.4. The third kappa shape index (κ3) is 2.71. The molecular formula is C11H15BrN4O4S. The fourth-order valence-electron chi connectivity index (χ4n) is 3.01. The molecule has 0 atom stereocenters. The molecule has 0 unspecified atom stereocenters. The van der Waals surface area contributed by atoms with Crippen molar-refractivity contribution in [1.82, 2.24) is 15.1 Å². The molecule has 0 amide bonds. The third-order valence-electron chi connectivity index (χ3n) is 4.03. The third-order valence-corrected chi connectivity index (χ3v) is 6.35. The minimum Gasteiger partial charge on any atom is -0.317 e. The number of piperidine rings is 1. The van der Waals surface area contributed by atoms with E-state index in [0.717, 1.165) is 25.9 Å². The van der Waals surface area contributed by atoms with Gasteiger partial charge in [0.25, 0.3) is 0 Å². The Hall–Kier alpha value is -1.00. The number of sulfone groups is 1. The Morgan fingerprint density at radius 1 is 1.33 bits per heavy atom. The summed E-state index contributed by atoms with van der Waals surface area (Å²) in [5.41, 5.74) is 0.541. The van der Waals surface area contributed by atoms with Crippen molar-refractivity contribution in [3.05, 3.63) is 20.4 Å². The van der Waals surface area contributed by atoms with Crippen molar-refractivity contribution >= 4 is 31.5 Å². The van der Waals surface area contributed by atoms with Crippen molar-refractivity contribution in [3.8, 4) is 0 Å². The van der Waals surface area contributed by atoms with Gasteiger partial charge in [0.2, 0.25) is 4.60 Å². The summed E-state index contributed by atoms with van der Waals surface area (Å²) in [6.45, 7) is 1.60. The Kier molecular flexibility index (Phi) is 3.78. The Balaban J connectivity index is 2.03. The number of halogens is 1. The molecule has 2 aliphatic rings. The molecule has 1 aromatic rings. The smallest absolute Gasteiger partial charge is 0.317 e. The van der Waals surface area contributed by atoms with E-state index in [0.29, 0.717) is 5.69 Å². The summed E-state index contributed by atoms with van der Waals surface area (Å²) in [5, 5.41) is 18.8. The number of hydrogen-bond acceptors (Lipinski definition) is 6. The predicted octanol–water partition coefficient (Wildman–Crippen LogP) is 0.990. The lowest BCUT2D eigenvalue weighted by atomic mass is 9.93. The molecule has 10 heteroatoms. The van der Waals surface area contributed by atoms with Gasteiger partial charge in [-0.2, -0.15) is 5.10 Å². The minimum atomic E-state index is -3.01. The number of nitrogens with one attached hydrogen (secondary N) is 1. The Bertz CT molecular complexity index is 669. The van der Waals surface area contributed by atoms with Crippen molar-refractivity contribution in [1.29, 1.82) is 0 Å². The molecular weight excluding hydrogens is 364 g/mol. The van der Waals surface area contributed by atoms with E-state index in [9.17, 15) is 18.5 Å². The Morgan fingerprint density at radius 2 is 1.95 bits per heavy atom. The van der Waals surface area contributed by atoms with E-state index in [2.05, 4.69) is 26.3 Å². The summed E-state index contributed by atoms with van der Waals surface area (Å²) in [5.74, 6) is 0.0562. The maximum atomic E-state index is 11.4. The molecule has 21 heavy (non-hydrogen) atoms. The van der Waals surface area contributed by atoms with E-state index in [1.807, 2.05) is 0 Å². The van der Waals surface area contributed by atoms with Gasteiger partial charge in [-0.15, -0.1) is 0 Å². The first-order valence-electron chi connectivity index (χ1n) is 6.72. The van der Waals surface area contributed by atoms with Gasteiger partial charge in [-0.05, 0) is 41.9 Å². The van der Waals surface area contributed by atoms with Crippen LogP contribution in [0.5, 0.6) is 0 Å². The SMILES string of the molecule is O=[N+]([O-])c1c(Br)nn(C2CS(=O)(=O)C2)c1C1CCNCC1. The van der Waals surface area contributed by atoms with Crippen LogP contribution in [0.2, 0.25) is 0 Å². The normalized spacial score (nSPS) is 22.9. The molecule has 2 aliphatic heterocycles. The summed E-state index contributed by atoms with van der Waals surface area (Å²) in [6, 6.07) is -0.287. The highest BCUT2D eigenvalue weighted by Crippen LogP contribution is 2.40. The first-order valence-corrected chi connectivity index (χ1v) is 9.34. The van der Waals surface area contributed by atoms with Crippen LogP contribution in [0.1, 0.15) is 30.5 Å². The minimum absolute atomic E-state index is 0.0102. The van der Waals surface area contributed by atoms with E-state index in [4.69, 9.17) is 0 Å². The van der Waals surface area contributed by atoms with Gasteiger partial charge in [0.15, 0.2) is 9.84 Å². The van der Waals surface area contributed by atoms with E-state index in [1.165, 1.54) is 0 Å². The van der Waals surface area contributed by atoms with Crippen molar-refractivity contribution < 1.29 is 13.3 Å². The van der Waals surface area contributed by atoms with Crippen LogP contribution in [0.3, 0.4) is 0 Å². The van der Waals surface area contributed by atoms with Crippen LogP contribution >= 0.6 is 15.9 Å². The zero-order valence-electron chi connectivity index (χ0n) is 11.2. The van der Waals surface area contributed by atoms with Gasteiger partial charge in [-0.25, -0.2) is 8.42 Å². The fourth-order valence-corrected chi connectivity index (χ4v) is 4.89. The van der Waals surface area contributed by atoms with Crippen LogP contribution < -0.4 is 5.32 Å². The fraction of sp³-hybridized carbons (Fsp3) is 0.727. The summed E-state index contributed by atoms with van der Waals surface area (Å²) in [6.07, 6.45) is 1.58. The summed E-state index contributed by atoms with van der Waals surface area (Å²) in [4.78, 5) is 10.9. The molecule has 3 heterocycles. The average Bonchev–Trinajstić information content (AvgIpc) is 2.74. The lowest BCUT2D eigenvalue weighted by Crippen LogP contribution is -2.40. The van der Waals surface area contributed by atoms with Gasteiger partial charge in [-0.3, -0.25) is 14.8 Å². The number of aromatic nitrogens is 2. The molecule has 0 saturated carbocycles. The summed E-state index contributed by atoms with van der Waals surface area (Å²) >= 11 is 3.15. The second-order valence-corrected chi connectivity index (χ2v) is 8.39. The predicted molar refractivity (Wildman–Crippen MR) is 79.1 cm³/mol. The van der Waals surface area contributed by atoms with Gasteiger partial charge >= 0.3 is 5.69 Å². The molecule has 2 saturated heterocycles. The highest BCUT2D eigenvalue weighted by Gasteiger charge is 2.41. The van der Waals surface area contributed by atoms with Gasteiger partial charge < -0.3 is 5.32 Å². The lowest BCUT2D eigenvalue weighted by Gasteiger charge is -2.30. The molecule has 0 aromatic carbocycles. The standard InChI is InChI=1S/C11H15BrN4O4S/c12-11-10(16(17)18)9(7-1-3-13-4-2-7)15(14-11)8-5-21(19,20)6-8/h7-8,13H,1-6H2. The number of nitro groups is 1. The molecule has 1 aromatic heterocycles. The van der Waals surface area contributed by atoms with Gasteiger partial charge in [0, 0.05) is 5.92 Å². The molecule has 1 N–H and O–H groups in total. The lowest BCUT2D eigenvalue weighted by molar-refractivity contribution is -0.386. The maximum Gasteiger partial charge on any atom is 0.324 e. The van der Waals surface area contributed by atoms with E-state index >= 15 is 0 Å². The average molecular weight is 379 g/mol. The highest BCUT2D eigenvalue weighted by molar-refractivity contribution is 9.10. The molecule has 3 rings (SSSR count). The number of nitrogens with zero attached hydrogens (tertiary/aromatic N) is 3. The second kappa shape index (κ2) is 5.33. The van der Waals surface area contributed by atoms with Crippen molar-refractivity contribution in [3.63, 3.8) is 0 Å². The quantitative estimate of drug-likeness (QED) is 0.620. The Labute approximate surface area is 130 Å². The largest absolute Gasteiger partial charge is 0.324 e. The van der Waals surface area contributed by atoms with Crippen LogP contribution in [-0.2, 0) is 9.84 Å². The highest BCUT2D eigenvalue weighted by atomic mass is 79.9. The molecule has 0 radical (unpaired) electrons. The van der Waals surface area contributed by atoms with Gasteiger partial charge in [-0.1, -0.05) is 0 Å². The van der Waals surface area contributed by atoms with Crippen LogP contribution in [-0.4, -0.2) is 47.7 Å². The van der Waals surface area contributed by atoms with Crippen LogP contribution in [0.25, 0.3) is 0 Å². The number of hydrogen-bond donors (Lipinski definition) is 1. The summed E-state index contributed by atoms with van der Waals surface area (Å²) < 4.78 is 24.5. The second-order valence-electron chi connectivity index (χ2n) is 5.48. The summed E-state index contributed by atoms with van der Waals surface area (Å²) in [7, 11) is -3.01. The van der Waals surface area contributed by atoms with Crippen molar-refractivity contribution in [2.24, 2.45) is 0 Å². The zero-order valence-corrected chi connectivity index (χ0v) is 13.6. The van der Waals surface area contributed by atoms with Crippen LogP contribution in [0.4, 0.5) is 5.69 Å². The van der Waals surface area contributed by atoms with Crippen molar-refractivity contribution in [2.45, 2.75) is 24.8 Å². The monoisotopic (exact) mass is 378 g/mol. The number of rotatable bonds is 3. The molecule has 2 fully saturated rings. The van der Waals surface area contributed by atoms with Crippen molar-refractivity contribution in [2.75, 3.05) is 24.6 Å². The molecule has 0 bridgehead atoms. The first-order chi connectivity index (χ1) is 9.89. The molecule has 116 valence electrons. The van der Waals surface area contributed by atoms with Gasteiger partial charge in [0.05, 0.1) is 22.5 Å². The Morgan fingerprint density at radius 3 is 2.48 bits per heavy atom. The first kappa shape index (κ1) is 14.9. The van der Waals surface area contributed by atoms with E-state index in [-0.39, 0.29) is 33.8 Å². The zero-order chi connectivity index (χ0) is 15.2. The van der Waals surface area contributed by atoms with E-state index in [1.54, 1.807) is 4.68 Å². The molecule has 0 aliphatic carbocycles. The topological polar surface area (TPSA) is 107 Å². The van der Waals surface area contributed by atoms with Crippen LogP contribution in [0.15, 0.2) is 4.60 Å². The van der Waals surface area contributed by atoms with Gasteiger partial charge in [0.1, 0.15) is 5.69 Å². The van der Waals surface area contributed by atoms with E-state index < -0.39 is 14.8 Å². The molecule has 0 spiro atoms.